The van der Waals surface area contributed by atoms with E-state index in [1.807, 2.05) is 6.92 Å². The van der Waals surface area contributed by atoms with Gasteiger partial charge in [-0.15, -0.1) is 0 Å². The van der Waals surface area contributed by atoms with Crippen LogP contribution in [0.1, 0.15) is 23.4 Å². The van der Waals surface area contributed by atoms with Crippen LogP contribution < -0.4 is 11.2 Å². The summed E-state index contributed by atoms with van der Waals surface area (Å²) < 4.78 is 8.32. The quantitative estimate of drug-likeness (QED) is 0.786. The van der Waals surface area contributed by atoms with E-state index in [4.69, 9.17) is 4.74 Å². The molecule has 2 aromatic rings. The molecule has 3 rings (SSSR count). The van der Waals surface area contributed by atoms with Gasteiger partial charge in [0.05, 0.1) is 6.61 Å². The Hall–Kier alpha value is -2.26. The average Bonchev–Trinajstić information content (AvgIpc) is 2.97. The van der Waals surface area contributed by atoms with Gasteiger partial charge in [0, 0.05) is 45.5 Å². The van der Waals surface area contributed by atoms with Gasteiger partial charge < -0.3 is 4.74 Å². The molecule has 1 N–H and O–H groups in total. The molecule has 3 heterocycles. The topological polar surface area (TPSA) is 98.0 Å². The van der Waals surface area contributed by atoms with E-state index in [9.17, 15) is 9.59 Å². The predicted octanol–water partition coefficient (Wildman–Crippen LogP) is -0.916. The van der Waals surface area contributed by atoms with Crippen molar-refractivity contribution in [3.8, 4) is 0 Å². The number of rotatable bonds is 3. The van der Waals surface area contributed by atoms with E-state index >= 15 is 0 Å². The van der Waals surface area contributed by atoms with E-state index < -0.39 is 0 Å². The van der Waals surface area contributed by atoms with E-state index in [0.717, 1.165) is 16.9 Å². The number of aromatic amines is 1. The molecule has 0 saturated carbocycles. The first kappa shape index (κ1) is 15.6. The first-order chi connectivity index (χ1) is 11.0. The zero-order valence-electron chi connectivity index (χ0n) is 13.4. The largest absolute Gasteiger partial charge is 0.367 e. The molecule has 0 radical (unpaired) electrons. The highest BCUT2D eigenvalue weighted by Crippen LogP contribution is 2.20. The first-order valence-electron chi connectivity index (χ1n) is 7.44. The number of morpholine rings is 1. The maximum absolute atomic E-state index is 12.0. The van der Waals surface area contributed by atoms with Crippen molar-refractivity contribution >= 4 is 0 Å². The van der Waals surface area contributed by atoms with Gasteiger partial charge in [0.2, 0.25) is 0 Å². The zero-order chi connectivity index (χ0) is 16.6. The summed E-state index contributed by atoms with van der Waals surface area (Å²) in [4.78, 5) is 30.3. The van der Waals surface area contributed by atoms with Crippen LogP contribution in [0, 0.1) is 6.92 Å². The van der Waals surface area contributed by atoms with E-state index in [0.29, 0.717) is 31.2 Å². The molecule has 9 nitrogen and oxygen atoms in total. The molecule has 1 aliphatic heterocycles. The van der Waals surface area contributed by atoms with E-state index in [-0.39, 0.29) is 17.4 Å². The summed E-state index contributed by atoms with van der Waals surface area (Å²) in [5, 5.41) is 6.95. The molecule has 0 unspecified atom stereocenters. The summed E-state index contributed by atoms with van der Waals surface area (Å²) in [6.45, 7) is 4.23. The normalized spacial score (nSPS) is 19.2. The summed E-state index contributed by atoms with van der Waals surface area (Å²) in [5.41, 5.74) is 0.0734. The minimum Gasteiger partial charge on any atom is -0.367 e. The van der Waals surface area contributed by atoms with Crippen LogP contribution >= 0.6 is 0 Å². The van der Waals surface area contributed by atoms with Crippen molar-refractivity contribution in [1.29, 1.82) is 0 Å². The Balaban J connectivity index is 1.78. The molecule has 2 aromatic heterocycles. The second-order valence-electron chi connectivity index (χ2n) is 5.75. The van der Waals surface area contributed by atoms with Gasteiger partial charge in [0.15, 0.2) is 5.82 Å². The summed E-state index contributed by atoms with van der Waals surface area (Å²) in [5.74, 6) is 1.37. The molecule has 23 heavy (non-hydrogen) atoms. The Morgan fingerprint density at radius 1 is 1.35 bits per heavy atom. The molecular weight excluding hydrogens is 300 g/mol. The molecule has 124 valence electrons. The van der Waals surface area contributed by atoms with Crippen LogP contribution in [0.4, 0.5) is 0 Å². The smallest absolute Gasteiger partial charge is 0.330 e. The van der Waals surface area contributed by atoms with E-state index in [1.165, 1.54) is 17.7 Å². The van der Waals surface area contributed by atoms with Gasteiger partial charge in [-0.1, -0.05) is 0 Å². The first-order valence-corrected chi connectivity index (χ1v) is 7.44. The highest BCUT2D eigenvalue weighted by Gasteiger charge is 2.25. The average molecular weight is 320 g/mol. The second kappa shape index (κ2) is 6.09. The second-order valence-corrected chi connectivity index (χ2v) is 5.75. The number of nitrogens with one attached hydrogen (secondary N) is 1. The summed E-state index contributed by atoms with van der Waals surface area (Å²) >= 11 is 0. The van der Waals surface area contributed by atoms with Crippen molar-refractivity contribution in [3.05, 3.63) is 44.2 Å². The molecule has 1 fully saturated rings. The molecule has 0 amide bonds. The maximum atomic E-state index is 12.0. The third-order valence-corrected chi connectivity index (χ3v) is 4.06. The molecule has 0 aliphatic carbocycles. The van der Waals surface area contributed by atoms with Crippen molar-refractivity contribution in [2.75, 3.05) is 19.7 Å². The molecule has 9 heteroatoms. The van der Waals surface area contributed by atoms with Crippen LogP contribution in [-0.2, 0) is 25.4 Å². The fourth-order valence-corrected chi connectivity index (χ4v) is 2.67. The Bertz CT molecular complexity index is 821. The lowest BCUT2D eigenvalue weighted by molar-refractivity contribution is -0.0377. The molecule has 0 bridgehead atoms. The Morgan fingerprint density at radius 2 is 2.13 bits per heavy atom. The standard InChI is InChI=1S/C14H20N6O3/c1-9-15-13(17-16-9)11-8-20(4-5-23-11)7-10-6-12(21)19(3)14(22)18(10)2/h6,11H,4-5,7-8H2,1-3H3,(H,15,16,17)/t11-/m0/s1. The van der Waals surface area contributed by atoms with Gasteiger partial charge in [-0.3, -0.25) is 23.9 Å². The minimum atomic E-state index is -0.318. The van der Waals surface area contributed by atoms with Crippen LogP contribution in [0.5, 0.6) is 0 Å². The fraction of sp³-hybridized carbons (Fsp3) is 0.571. The number of hydrogen-bond acceptors (Lipinski definition) is 6. The number of aromatic nitrogens is 5. The number of H-pyrrole nitrogens is 1. The number of nitrogens with zero attached hydrogens (tertiary/aromatic N) is 5. The lowest BCUT2D eigenvalue weighted by Crippen LogP contribution is -2.42. The Morgan fingerprint density at radius 3 is 2.83 bits per heavy atom. The highest BCUT2D eigenvalue weighted by atomic mass is 16.5. The molecule has 1 aliphatic rings. The molecule has 1 atom stereocenters. The fourth-order valence-electron chi connectivity index (χ4n) is 2.67. The van der Waals surface area contributed by atoms with Crippen molar-refractivity contribution in [2.45, 2.75) is 19.6 Å². The van der Waals surface area contributed by atoms with Gasteiger partial charge in [0.1, 0.15) is 11.9 Å². The van der Waals surface area contributed by atoms with Crippen LogP contribution in [0.15, 0.2) is 15.7 Å². The van der Waals surface area contributed by atoms with Crippen molar-refractivity contribution in [2.24, 2.45) is 14.1 Å². The van der Waals surface area contributed by atoms with Gasteiger partial charge in [-0.05, 0) is 6.92 Å². The zero-order valence-corrected chi connectivity index (χ0v) is 13.4. The van der Waals surface area contributed by atoms with Gasteiger partial charge in [-0.2, -0.15) is 5.10 Å². The minimum absolute atomic E-state index is 0.211. The SMILES string of the molecule is Cc1nc([C@@H]2CN(Cc3cc(=O)n(C)c(=O)n3C)CCO2)n[nH]1. The number of ether oxygens (including phenoxy) is 1. The summed E-state index contributed by atoms with van der Waals surface area (Å²) in [6, 6.07) is 1.50. The molecular formula is C14H20N6O3. The van der Waals surface area contributed by atoms with Crippen LogP contribution in [-0.4, -0.2) is 48.9 Å². The molecule has 0 aromatic carbocycles. The van der Waals surface area contributed by atoms with E-state index in [2.05, 4.69) is 20.1 Å². The van der Waals surface area contributed by atoms with Crippen molar-refractivity contribution in [1.82, 2.24) is 29.2 Å². The van der Waals surface area contributed by atoms with Crippen LogP contribution in [0.25, 0.3) is 0 Å². The third kappa shape index (κ3) is 3.10. The third-order valence-electron chi connectivity index (χ3n) is 4.06. The predicted molar refractivity (Wildman–Crippen MR) is 82.0 cm³/mol. The number of hydrogen-bond donors (Lipinski definition) is 1. The van der Waals surface area contributed by atoms with Crippen LogP contribution in [0.3, 0.4) is 0 Å². The molecule has 1 saturated heterocycles. The van der Waals surface area contributed by atoms with Gasteiger partial charge in [-0.25, -0.2) is 9.78 Å². The van der Waals surface area contributed by atoms with Gasteiger partial charge >= 0.3 is 5.69 Å². The van der Waals surface area contributed by atoms with Crippen LogP contribution in [0.2, 0.25) is 0 Å². The highest BCUT2D eigenvalue weighted by molar-refractivity contribution is 5.03. The van der Waals surface area contributed by atoms with Gasteiger partial charge in [0.25, 0.3) is 5.56 Å². The Labute approximate surface area is 132 Å². The number of aryl methyl sites for hydroxylation is 1. The van der Waals surface area contributed by atoms with Crippen molar-refractivity contribution < 1.29 is 4.74 Å². The summed E-state index contributed by atoms with van der Waals surface area (Å²) in [7, 11) is 3.15. The summed E-state index contributed by atoms with van der Waals surface area (Å²) in [6.07, 6.45) is -0.211. The monoisotopic (exact) mass is 320 g/mol. The Kier molecular flexibility index (Phi) is 4.14. The lowest BCUT2D eigenvalue weighted by Gasteiger charge is -2.31. The lowest BCUT2D eigenvalue weighted by atomic mass is 10.2. The van der Waals surface area contributed by atoms with E-state index in [1.54, 1.807) is 7.05 Å². The van der Waals surface area contributed by atoms with Crippen molar-refractivity contribution in [3.63, 3.8) is 0 Å². The molecule has 0 spiro atoms. The maximum Gasteiger partial charge on any atom is 0.330 e.